The van der Waals surface area contributed by atoms with Crippen LogP contribution in [0.5, 0.6) is 0 Å². The fourth-order valence-corrected chi connectivity index (χ4v) is 2.74. The monoisotopic (exact) mass is 296 g/mol. The van der Waals surface area contributed by atoms with Crippen molar-refractivity contribution >= 4 is 27.6 Å². The average molecular weight is 297 g/mol. The lowest BCUT2D eigenvalue weighted by Gasteiger charge is -2.24. The van der Waals surface area contributed by atoms with E-state index in [1.54, 1.807) is 6.33 Å². The van der Waals surface area contributed by atoms with E-state index in [9.17, 15) is 0 Å². The van der Waals surface area contributed by atoms with E-state index in [4.69, 9.17) is 0 Å². The summed E-state index contributed by atoms with van der Waals surface area (Å²) in [7, 11) is 1.89. The summed E-state index contributed by atoms with van der Waals surface area (Å²) in [4.78, 5) is 11.1. The predicted octanol–water partition coefficient (Wildman–Crippen LogP) is 2.66. The molecule has 0 unspecified atom stereocenters. The summed E-state index contributed by atoms with van der Waals surface area (Å²) in [5, 5.41) is 3.09. The number of anilines is 2. The fourth-order valence-electron chi connectivity index (χ4n) is 2.11. The molecule has 0 amide bonds. The van der Waals surface area contributed by atoms with Crippen LogP contribution in [0.3, 0.4) is 0 Å². The molecule has 0 atom stereocenters. The van der Waals surface area contributed by atoms with E-state index in [-0.39, 0.29) is 0 Å². The van der Waals surface area contributed by atoms with E-state index in [2.05, 4.69) is 36.1 Å². The number of hydrogen-bond acceptors (Lipinski definition) is 4. The molecule has 4 nitrogen and oxygen atoms in total. The normalized spacial score (nSPS) is 19.2. The van der Waals surface area contributed by atoms with Crippen molar-refractivity contribution in [1.29, 1.82) is 0 Å². The number of halogens is 1. The van der Waals surface area contributed by atoms with E-state index < -0.39 is 0 Å². The molecule has 0 aliphatic heterocycles. The van der Waals surface area contributed by atoms with E-state index in [0.29, 0.717) is 6.04 Å². The van der Waals surface area contributed by atoms with Gasteiger partial charge in [-0.1, -0.05) is 0 Å². The SMILES string of the molecule is CNc1ncnc(N(CC2CC2)C2CC2)c1Br. The molecule has 0 bridgehead atoms. The molecule has 0 radical (unpaired) electrons. The van der Waals surface area contributed by atoms with Gasteiger partial charge < -0.3 is 10.2 Å². The maximum absolute atomic E-state index is 4.46. The van der Waals surface area contributed by atoms with Crippen LogP contribution < -0.4 is 10.2 Å². The molecule has 1 aromatic heterocycles. The van der Waals surface area contributed by atoms with Gasteiger partial charge in [0.25, 0.3) is 0 Å². The molecule has 0 spiro atoms. The highest BCUT2D eigenvalue weighted by molar-refractivity contribution is 9.10. The minimum atomic E-state index is 0.700. The van der Waals surface area contributed by atoms with Gasteiger partial charge in [0.15, 0.2) is 0 Å². The van der Waals surface area contributed by atoms with Crippen LogP contribution in [-0.2, 0) is 0 Å². The van der Waals surface area contributed by atoms with Gasteiger partial charge in [0.05, 0.1) is 0 Å². The molecule has 1 N–H and O–H groups in total. The number of aromatic nitrogens is 2. The minimum absolute atomic E-state index is 0.700. The molecule has 0 saturated heterocycles. The fraction of sp³-hybridized carbons (Fsp3) is 0.667. The number of rotatable bonds is 5. The van der Waals surface area contributed by atoms with Crippen LogP contribution in [-0.4, -0.2) is 29.6 Å². The van der Waals surface area contributed by atoms with Crippen LogP contribution in [0, 0.1) is 5.92 Å². The molecule has 5 heteroatoms. The number of nitrogens with one attached hydrogen (secondary N) is 1. The molecule has 0 aromatic carbocycles. The highest BCUT2D eigenvalue weighted by Gasteiger charge is 2.35. The van der Waals surface area contributed by atoms with Gasteiger partial charge in [-0.15, -0.1) is 0 Å². The second kappa shape index (κ2) is 4.44. The third-order valence-electron chi connectivity index (χ3n) is 3.42. The van der Waals surface area contributed by atoms with Crippen LogP contribution in [0.1, 0.15) is 25.7 Å². The van der Waals surface area contributed by atoms with Gasteiger partial charge in [0.1, 0.15) is 22.4 Å². The molecule has 2 aliphatic carbocycles. The van der Waals surface area contributed by atoms with Gasteiger partial charge in [0, 0.05) is 19.6 Å². The first-order chi connectivity index (χ1) is 8.29. The Morgan fingerprint density at radius 3 is 2.71 bits per heavy atom. The topological polar surface area (TPSA) is 41.1 Å². The Hall–Kier alpha value is -0.840. The van der Waals surface area contributed by atoms with Crippen molar-refractivity contribution in [2.24, 2.45) is 5.92 Å². The first kappa shape index (κ1) is 11.3. The van der Waals surface area contributed by atoms with E-state index >= 15 is 0 Å². The molecular weight excluding hydrogens is 280 g/mol. The van der Waals surface area contributed by atoms with Gasteiger partial charge in [0.2, 0.25) is 0 Å². The molecule has 17 heavy (non-hydrogen) atoms. The summed E-state index contributed by atoms with van der Waals surface area (Å²) < 4.78 is 0.995. The van der Waals surface area contributed by atoms with E-state index in [1.807, 2.05) is 7.05 Å². The van der Waals surface area contributed by atoms with Gasteiger partial charge in [-0.3, -0.25) is 0 Å². The first-order valence-electron chi connectivity index (χ1n) is 6.24. The third kappa shape index (κ3) is 2.39. The molecule has 2 aliphatic rings. The molecule has 1 heterocycles. The van der Waals surface area contributed by atoms with Crippen molar-refractivity contribution in [1.82, 2.24) is 9.97 Å². The third-order valence-corrected chi connectivity index (χ3v) is 4.15. The summed E-state index contributed by atoms with van der Waals surface area (Å²) in [5.74, 6) is 2.81. The first-order valence-corrected chi connectivity index (χ1v) is 7.03. The van der Waals surface area contributed by atoms with Gasteiger partial charge in [-0.25, -0.2) is 9.97 Å². The summed E-state index contributed by atoms with van der Waals surface area (Å²) in [6, 6.07) is 0.700. The highest BCUT2D eigenvalue weighted by atomic mass is 79.9. The average Bonchev–Trinajstić information content (AvgIpc) is 3.19. The quantitative estimate of drug-likeness (QED) is 0.907. The molecular formula is C12H17BrN4. The Morgan fingerprint density at radius 2 is 2.12 bits per heavy atom. The van der Waals surface area contributed by atoms with Gasteiger partial charge in [-0.05, 0) is 47.5 Å². The van der Waals surface area contributed by atoms with Crippen molar-refractivity contribution < 1.29 is 0 Å². The largest absolute Gasteiger partial charge is 0.372 e. The second-order valence-electron chi connectivity index (χ2n) is 4.94. The summed E-state index contributed by atoms with van der Waals surface area (Å²) in [5.41, 5.74) is 0. The minimum Gasteiger partial charge on any atom is -0.372 e. The Kier molecular flexibility index (Phi) is 2.94. The van der Waals surface area contributed by atoms with Crippen molar-refractivity contribution in [3.05, 3.63) is 10.8 Å². The zero-order valence-electron chi connectivity index (χ0n) is 9.99. The number of nitrogens with zero attached hydrogens (tertiary/aromatic N) is 3. The van der Waals surface area contributed by atoms with E-state index in [0.717, 1.165) is 28.6 Å². The van der Waals surface area contributed by atoms with Gasteiger partial charge >= 0.3 is 0 Å². The van der Waals surface area contributed by atoms with Crippen molar-refractivity contribution in [3.63, 3.8) is 0 Å². The molecule has 3 rings (SSSR count). The number of hydrogen-bond donors (Lipinski definition) is 1. The van der Waals surface area contributed by atoms with Crippen LogP contribution >= 0.6 is 15.9 Å². The maximum Gasteiger partial charge on any atom is 0.148 e. The predicted molar refractivity (Wildman–Crippen MR) is 72.4 cm³/mol. The summed E-state index contributed by atoms with van der Waals surface area (Å²) in [6.07, 6.45) is 7.01. The van der Waals surface area contributed by atoms with E-state index in [1.165, 1.54) is 25.7 Å². The van der Waals surface area contributed by atoms with Crippen LogP contribution in [0.25, 0.3) is 0 Å². The standard InChI is InChI=1S/C12H17BrN4/c1-14-11-10(13)12(16-7-15-11)17(9-4-5-9)6-8-2-3-8/h7-9H,2-6H2,1H3,(H,14,15,16). The molecule has 2 fully saturated rings. The van der Waals surface area contributed by atoms with Crippen LogP contribution in [0.2, 0.25) is 0 Å². The van der Waals surface area contributed by atoms with Gasteiger partial charge in [-0.2, -0.15) is 0 Å². The zero-order valence-corrected chi connectivity index (χ0v) is 11.6. The van der Waals surface area contributed by atoms with Crippen LogP contribution in [0.15, 0.2) is 10.8 Å². The smallest absolute Gasteiger partial charge is 0.148 e. The molecule has 1 aromatic rings. The second-order valence-corrected chi connectivity index (χ2v) is 5.73. The van der Waals surface area contributed by atoms with Crippen molar-refractivity contribution in [2.45, 2.75) is 31.7 Å². The summed E-state index contributed by atoms with van der Waals surface area (Å²) >= 11 is 3.62. The lowest BCUT2D eigenvalue weighted by atomic mass is 10.3. The Morgan fingerprint density at radius 1 is 1.35 bits per heavy atom. The maximum atomic E-state index is 4.46. The Balaban J connectivity index is 1.88. The van der Waals surface area contributed by atoms with Crippen molar-refractivity contribution in [3.8, 4) is 0 Å². The Labute approximate surface area is 110 Å². The zero-order chi connectivity index (χ0) is 11.8. The van der Waals surface area contributed by atoms with Crippen LogP contribution in [0.4, 0.5) is 11.6 Å². The lowest BCUT2D eigenvalue weighted by Crippen LogP contribution is -2.29. The highest BCUT2D eigenvalue weighted by Crippen LogP contribution is 2.40. The van der Waals surface area contributed by atoms with Crippen molar-refractivity contribution in [2.75, 3.05) is 23.8 Å². The Bertz CT molecular complexity index is 415. The lowest BCUT2D eigenvalue weighted by molar-refractivity contribution is 0.706. The molecule has 92 valence electrons. The summed E-state index contributed by atoms with van der Waals surface area (Å²) in [6.45, 7) is 1.16. The molecule has 2 saturated carbocycles.